The number of aryl methyl sites for hydroxylation is 1. The molecule has 7 heteroatoms. The monoisotopic (exact) mass is 376 g/mol. The number of hydrogen-bond acceptors (Lipinski definition) is 5. The number of nitrogens with zero attached hydrogens (tertiary/aromatic N) is 3. The third-order valence-electron chi connectivity index (χ3n) is 4.24. The zero-order valence-electron chi connectivity index (χ0n) is 14.5. The predicted molar refractivity (Wildman–Crippen MR) is 106 cm³/mol. The van der Waals surface area contributed by atoms with E-state index in [4.69, 9.17) is 0 Å². The van der Waals surface area contributed by atoms with Gasteiger partial charge in [0.2, 0.25) is 0 Å². The molecule has 0 unspecified atom stereocenters. The second-order valence-electron chi connectivity index (χ2n) is 5.95. The Morgan fingerprint density at radius 3 is 2.78 bits per heavy atom. The van der Waals surface area contributed by atoms with Crippen LogP contribution in [-0.2, 0) is 6.42 Å². The van der Waals surface area contributed by atoms with Crippen LogP contribution in [0, 0.1) is 0 Å². The van der Waals surface area contributed by atoms with Crippen molar-refractivity contribution in [3.05, 3.63) is 81.7 Å². The molecule has 3 aromatic heterocycles. The van der Waals surface area contributed by atoms with Crippen LogP contribution in [0.15, 0.2) is 65.0 Å². The van der Waals surface area contributed by atoms with E-state index in [9.17, 15) is 9.59 Å². The lowest BCUT2D eigenvalue weighted by Crippen LogP contribution is -2.26. The molecule has 0 spiro atoms. The number of rotatable bonds is 4. The van der Waals surface area contributed by atoms with Crippen LogP contribution < -0.4 is 10.9 Å². The first-order valence-electron chi connectivity index (χ1n) is 8.48. The first-order chi connectivity index (χ1) is 13.2. The molecule has 0 aliphatic carbocycles. The fourth-order valence-corrected chi connectivity index (χ4v) is 3.44. The molecule has 1 amide bonds. The predicted octanol–water partition coefficient (Wildman–Crippen LogP) is 3.63. The molecule has 0 fully saturated rings. The smallest absolute Gasteiger partial charge is 0.270 e. The van der Waals surface area contributed by atoms with Gasteiger partial charge in [0.1, 0.15) is 11.2 Å². The molecule has 1 aromatic carbocycles. The molecule has 0 bridgehead atoms. The quantitative estimate of drug-likeness (QED) is 0.590. The van der Waals surface area contributed by atoms with Crippen molar-refractivity contribution in [3.63, 3.8) is 0 Å². The van der Waals surface area contributed by atoms with Crippen molar-refractivity contribution in [1.82, 2.24) is 14.4 Å². The standard InChI is InChI=1S/C20H16N4O2S/c1-2-13-6-8-14(9-7-13)16-12-27-20(22-16)23-18(25)15-11-21-17-5-3-4-10-24(17)19(15)26/h3-12H,2H2,1H3,(H,22,23,25). The zero-order chi connectivity index (χ0) is 18.8. The third kappa shape index (κ3) is 3.37. The lowest BCUT2D eigenvalue weighted by molar-refractivity contribution is 0.102. The normalized spacial score (nSPS) is 10.9. The summed E-state index contributed by atoms with van der Waals surface area (Å²) in [5.41, 5.74) is 3.08. The van der Waals surface area contributed by atoms with Crippen molar-refractivity contribution in [2.45, 2.75) is 13.3 Å². The average Bonchev–Trinajstić information content (AvgIpc) is 3.17. The van der Waals surface area contributed by atoms with E-state index in [2.05, 4.69) is 34.3 Å². The largest absolute Gasteiger partial charge is 0.298 e. The van der Waals surface area contributed by atoms with Crippen LogP contribution >= 0.6 is 11.3 Å². The highest BCUT2D eigenvalue weighted by molar-refractivity contribution is 7.14. The van der Waals surface area contributed by atoms with Crippen LogP contribution in [0.4, 0.5) is 5.13 Å². The number of hydrogen-bond donors (Lipinski definition) is 1. The number of nitrogens with one attached hydrogen (secondary N) is 1. The lowest BCUT2D eigenvalue weighted by Gasteiger charge is -2.04. The van der Waals surface area contributed by atoms with Gasteiger partial charge in [0.15, 0.2) is 5.13 Å². The SMILES string of the molecule is CCc1ccc(-c2csc(NC(=O)c3cnc4ccccn4c3=O)n2)cc1. The summed E-state index contributed by atoms with van der Waals surface area (Å²) in [4.78, 5) is 33.6. The molecule has 0 radical (unpaired) electrons. The number of fused-ring (bicyclic) bond motifs is 1. The Bertz CT molecular complexity index is 1180. The van der Waals surface area contributed by atoms with E-state index in [0.29, 0.717) is 10.8 Å². The Kier molecular flexibility index (Phi) is 4.52. The molecule has 1 N–H and O–H groups in total. The minimum absolute atomic E-state index is 0.0252. The van der Waals surface area contributed by atoms with Crippen molar-refractivity contribution in [3.8, 4) is 11.3 Å². The number of carbonyl (C=O) groups excluding carboxylic acids is 1. The van der Waals surface area contributed by atoms with Gasteiger partial charge in [-0.05, 0) is 24.1 Å². The van der Waals surface area contributed by atoms with Gasteiger partial charge in [0, 0.05) is 23.3 Å². The maximum Gasteiger partial charge on any atom is 0.270 e. The Hall–Kier alpha value is -3.32. The van der Waals surface area contributed by atoms with Gasteiger partial charge in [-0.2, -0.15) is 0 Å². The average molecular weight is 376 g/mol. The summed E-state index contributed by atoms with van der Waals surface area (Å²) in [6.07, 6.45) is 3.86. The molecule has 6 nitrogen and oxygen atoms in total. The maximum absolute atomic E-state index is 12.5. The summed E-state index contributed by atoms with van der Waals surface area (Å²) >= 11 is 1.31. The van der Waals surface area contributed by atoms with Gasteiger partial charge < -0.3 is 0 Å². The van der Waals surface area contributed by atoms with Crippen LogP contribution in [0.25, 0.3) is 16.9 Å². The summed E-state index contributed by atoms with van der Waals surface area (Å²) in [5.74, 6) is -0.520. The third-order valence-corrected chi connectivity index (χ3v) is 5.00. The number of anilines is 1. The number of aromatic nitrogens is 3. The van der Waals surface area contributed by atoms with E-state index >= 15 is 0 Å². The minimum Gasteiger partial charge on any atom is -0.298 e. The van der Waals surface area contributed by atoms with Crippen LogP contribution in [0.1, 0.15) is 22.8 Å². The van der Waals surface area contributed by atoms with E-state index in [1.54, 1.807) is 24.4 Å². The number of amides is 1. The molecular formula is C20H16N4O2S. The summed E-state index contributed by atoms with van der Waals surface area (Å²) in [6, 6.07) is 13.4. The Labute approximate surface area is 159 Å². The summed E-state index contributed by atoms with van der Waals surface area (Å²) in [6.45, 7) is 2.11. The van der Waals surface area contributed by atoms with E-state index in [1.165, 1.54) is 27.5 Å². The highest BCUT2D eigenvalue weighted by Gasteiger charge is 2.15. The second-order valence-corrected chi connectivity index (χ2v) is 6.81. The molecular weight excluding hydrogens is 360 g/mol. The van der Waals surface area contributed by atoms with Crippen molar-refractivity contribution >= 4 is 28.0 Å². The molecule has 4 rings (SSSR count). The van der Waals surface area contributed by atoms with Crippen LogP contribution in [-0.4, -0.2) is 20.3 Å². The number of carbonyl (C=O) groups is 1. The molecule has 27 heavy (non-hydrogen) atoms. The lowest BCUT2D eigenvalue weighted by atomic mass is 10.1. The molecule has 0 saturated heterocycles. The van der Waals surface area contributed by atoms with Crippen molar-refractivity contribution < 1.29 is 4.79 Å². The molecule has 0 aliphatic heterocycles. The van der Waals surface area contributed by atoms with E-state index < -0.39 is 11.5 Å². The number of thiazole rings is 1. The highest BCUT2D eigenvalue weighted by Crippen LogP contribution is 2.25. The van der Waals surface area contributed by atoms with Gasteiger partial charge >= 0.3 is 0 Å². The van der Waals surface area contributed by atoms with E-state index in [-0.39, 0.29) is 5.56 Å². The number of pyridine rings is 1. The molecule has 0 aliphatic rings. The molecule has 4 aromatic rings. The minimum atomic E-state index is -0.520. The van der Waals surface area contributed by atoms with Crippen LogP contribution in [0.3, 0.4) is 0 Å². The molecule has 0 saturated carbocycles. The van der Waals surface area contributed by atoms with Crippen molar-refractivity contribution in [1.29, 1.82) is 0 Å². The van der Waals surface area contributed by atoms with Gasteiger partial charge in [-0.1, -0.05) is 37.3 Å². The summed E-state index contributed by atoms with van der Waals surface area (Å²) < 4.78 is 1.34. The van der Waals surface area contributed by atoms with Crippen molar-refractivity contribution in [2.24, 2.45) is 0 Å². The van der Waals surface area contributed by atoms with Gasteiger partial charge in [-0.25, -0.2) is 9.97 Å². The zero-order valence-corrected chi connectivity index (χ0v) is 15.4. The second kappa shape index (κ2) is 7.13. The molecule has 0 atom stereocenters. The van der Waals surface area contributed by atoms with E-state index in [1.807, 2.05) is 17.5 Å². The van der Waals surface area contributed by atoms with Crippen LogP contribution in [0.2, 0.25) is 0 Å². The number of benzene rings is 1. The summed E-state index contributed by atoms with van der Waals surface area (Å²) in [7, 11) is 0. The molecule has 3 heterocycles. The van der Waals surface area contributed by atoms with Gasteiger partial charge in [-0.3, -0.25) is 19.3 Å². The van der Waals surface area contributed by atoms with Gasteiger partial charge in [0.25, 0.3) is 11.5 Å². The van der Waals surface area contributed by atoms with Crippen molar-refractivity contribution in [2.75, 3.05) is 5.32 Å². The first kappa shape index (κ1) is 17.1. The van der Waals surface area contributed by atoms with Gasteiger partial charge in [-0.15, -0.1) is 11.3 Å². The fraction of sp³-hybridized carbons (Fsp3) is 0.100. The van der Waals surface area contributed by atoms with Crippen LogP contribution in [0.5, 0.6) is 0 Å². The Morgan fingerprint density at radius 1 is 1.19 bits per heavy atom. The maximum atomic E-state index is 12.5. The fourth-order valence-electron chi connectivity index (χ4n) is 2.72. The Balaban J connectivity index is 1.58. The summed E-state index contributed by atoms with van der Waals surface area (Å²) in [5, 5.41) is 5.01. The topological polar surface area (TPSA) is 76.4 Å². The molecule has 134 valence electrons. The van der Waals surface area contributed by atoms with Gasteiger partial charge in [0.05, 0.1) is 5.69 Å². The Morgan fingerprint density at radius 2 is 2.00 bits per heavy atom. The highest BCUT2D eigenvalue weighted by atomic mass is 32.1. The van der Waals surface area contributed by atoms with E-state index in [0.717, 1.165) is 17.7 Å². The first-order valence-corrected chi connectivity index (χ1v) is 9.36.